The Morgan fingerprint density at radius 2 is 1.68 bits per heavy atom. The molecular weight excluding hydrogens is 260 g/mol. The standard InChI is InChI=1S/C14H22N2O2S/c1-3-19(17,18)13-12(14(13,8-15)9-16)11-6-4-10(2)5-7-11/h4-7,12-13H,3,8-9,15-16H2,1-2H3/t12-,13+/m1/s1. The van der Waals surface area contributed by atoms with Gasteiger partial charge in [0.2, 0.25) is 0 Å². The lowest BCUT2D eigenvalue weighted by atomic mass is 9.99. The zero-order chi connectivity index (χ0) is 14.3. The van der Waals surface area contributed by atoms with Crippen molar-refractivity contribution in [2.75, 3.05) is 18.8 Å². The first-order valence-corrected chi connectivity index (χ1v) is 8.32. The van der Waals surface area contributed by atoms with E-state index in [1.807, 2.05) is 31.2 Å². The fourth-order valence-corrected chi connectivity index (χ4v) is 5.23. The van der Waals surface area contributed by atoms with Crippen molar-refractivity contribution in [3.05, 3.63) is 35.4 Å². The number of benzene rings is 1. The van der Waals surface area contributed by atoms with Crippen molar-refractivity contribution in [1.29, 1.82) is 0 Å². The van der Waals surface area contributed by atoms with Crippen LogP contribution < -0.4 is 11.5 Å². The number of aryl methyl sites for hydroxylation is 1. The van der Waals surface area contributed by atoms with E-state index in [9.17, 15) is 8.42 Å². The molecule has 106 valence electrons. The van der Waals surface area contributed by atoms with Crippen molar-refractivity contribution in [2.45, 2.75) is 25.0 Å². The van der Waals surface area contributed by atoms with Crippen LogP contribution in [0.15, 0.2) is 24.3 Å². The highest BCUT2D eigenvalue weighted by atomic mass is 32.2. The number of hydrogen-bond donors (Lipinski definition) is 2. The van der Waals surface area contributed by atoms with Crippen molar-refractivity contribution < 1.29 is 8.42 Å². The summed E-state index contributed by atoms with van der Waals surface area (Å²) in [6.07, 6.45) is 0. The summed E-state index contributed by atoms with van der Waals surface area (Å²) < 4.78 is 24.5. The molecule has 2 rings (SSSR count). The molecule has 0 heterocycles. The van der Waals surface area contributed by atoms with Crippen LogP contribution in [0.1, 0.15) is 24.0 Å². The monoisotopic (exact) mass is 282 g/mol. The molecule has 0 spiro atoms. The summed E-state index contributed by atoms with van der Waals surface area (Å²) in [6, 6.07) is 7.98. The molecule has 1 aliphatic carbocycles. The zero-order valence-electron chi connectivity index (χ0n) is 11.5. The third-order valence-electron chi connectivity index (χ3n) is 4.37. The molecule has 0 unspecified atom stereocenters. The SMILES string of the molecule is CCS(=O)(=O)[C@H]1[C@@H](c2ccc(C)cc2)C1(CN)CN. The molecule has 1 aromatic rings. The molecular formula is C14H22N2O2S. The lowest BCUT2D eigenvalue weighted by Crippen LogP contribution is -2.31. The van der Waals surface area contributed by atoms with E-state index in [1.165, 1.54) is 0 Å². The van der Waals surface area contributed by atoms with E-state index in [1.54, 1.807) is 6.92 Å². The van der Waals surface area contributed by atoms with E-state index in [0.29, 0.717) is 13.1 Å². The molecule has 1 saturated carbocycles. The van der Waals surface area contributed by atoms with Crippen molar-refractivity contribution >= 4 is 9.84 Å². The normalized spacial score (nSPS) is 25.3. The maximum absolute atomic E-state index is 12.2. The van der Waals surface area contributed by atoms with Gasteiger partial charge >= 0.3 is 0 Å². The molecule has 0 amide bonds. The molecule has 1 fully saturated rings. The van der Waals surface area contributed by atoms with E-state index in [0.717, 1.165) is 11.1 Å². The molecule has 0 aromatic heterocycles. The van der Waals surface area contributed by atoms with Crippen molar-refractivity contribution in [3.8, 4) is 0 Å². The van der Waals surface area contributed by atoms with Gasteiger partial charge in [0.05, 0.1) is 5.25 Å². The molecule has 19 heavy (non-hydrogen) atoms. The molecule has 1 aromatic carbocycles. The summed E-state index contributed by atoms with van der Waals surface area (Å²) in [7, 11) is -3.12. The highest BCUT2D eigenvalue weighted by Gasteiger charge is 2.68. The summed E-state index contributed by atoms with van der Waals surface area (Å²) in [4.78, 5) is 0. The topological polar surface area (TPSA) is 86.2 Å². The average Bonchev–Trinajstić information content (AvgIpc) is 3.10. The summed E-state index contributed by atoms with van der Waals surface area (Å²) >= 11 is 0. The van der Waals surface area contributed by atoms with Crippen molar-refractivity contribution in [2.24, 2.45) is 16.9 Å². The highest BCUT2D eigenvalue weighted by Crippen LogP contribution is 2.61. The minimum atomic E-state index is -3.12. The van der Waals surface area contributed by atoms with Crippen LogP contribution in [0, 0.1) is 12.3 Å². The van der Waals surface area contributed by atoms with Gasteiger partial charge in [-0.15, -0.1) is 0 Å². The summed E-state index contributed by atoms with van der Waals surface area (Å²) in [5, 5.41) is -0.428. The van der Waals surface area contributed by atoms with Crippen LogP contribution in [0.2, 0.25) is 0 Å². The van der Waals surface area contributed by atoms with Gasteiger partial charge in [-0.25, -0.2) is 8.42 Å². The second-order valence-corrected chi connectivity index (χ2v) is 7.81. The fraction of sp³-hybridized carbons (Fsp3) is 0.571. The van der Waals surface area contributed by atoms with E-state index in [4.69, 9.17) is 11.5 Å². The summed E-state index contributed by atoms with van der Waals surface area (Å²) in [6.45, 7) is 4.31. The number of sulfone groups is 1. The van der Waals surface area contributed by atoms with Gasteiger partial charge in [0.15, 0.2) is 9.84 Å². The van der Waals surface area contributed by atoms with Crippen LogP contribution in [-0.4, -0.2) is 32.5 Å². The first kappa shape index (κ1) is 14.5. The second-order valence-electron chi connectivity index (χ2n) is 5.40. The Hall–Kier alpha value is -0.910. The Bertz CT molecular complexity index is 547. The van der Waals surface area contributed by atoms with E-state index >= 15 is 0 Å². The van der Waals surface area contributed by atoms with Crippen molar-refractivity contribution in [1.82, 2.24) is 0 Å². The third-order valence-corrected chi connectivity index (χ3v) is 6.69. The Balaban J connectivity index is 2.42. The molecule has 0 bridgehead atoms. The molecule has 2 atom stereocenters. The van der Waals surface area contributed by atoms with Gasteiger partial charge in [-0.3, -0.25) is 0 Å². The number of hydrogen-bond acceptors (Lipinski definition) is 4. The molecule has 0 saturated heterocycles. The molecule has 0 radical (unpaired) electrons. The van der Waals surface area contributed by atoms with Crippen molar-refractivity contribution in [3.63, 3.8) is 0 Å². The molecule has 0 aliphatic heterocycles. The van der Waals surface area contributed by atoms with Gasteiger partial charge in [-0.2, -0.15) is 0 Å². The van der Waals surface area contributed by atoms with E-state index in [-0.39, 0.29) is 11.7 Å². The van der Waals surface area contributed by atoms with Gasteiger partial charge < -0.3 is 11.5 Å². The Labute approximate surface area is 115 Å². The average molecular weight is 282 g/mol. The first-order chi connectivity index (χ1) is 8.93. The Morgan fingerprint density at radius 3 is 2.11 bits per heavy atom. The van der Waals surface area contributed by atoms with Crippen LogP contribution in [0.25, 0.3) is 0 Å². The molecule has 1 aliphatic rings. The van der Waals surface area contributed by atoms with Gasteiger partial charge in [-0.05, 0) is 12.5 Å². The maximum atomic E-state index is 12.2. The first-order valence-electron chi connectivity index (χ1n) is 6.61. The smallest absolute Gasteiger partial charge is 0.154 e. The molecule has 5 heteroatoms. The van der Waals surface area contributed by atoms with Gasteiger partial charge in [-0.1, -0.05) is 36.8 Å². The number of nitrogens with two attached hydrogens (primary N) is 2. The minimum absolute atomic E-state index is 0.0620. The van der Waals surface area contributed by atoms with E-state index in [2.05, 4.69) is 0 Å². The summed E-state index contributed by atoms with van der Waals surface area (Å²) in [5.74, 6) is 0.0787. The quantitative estimate of drug-likeness (QED) is 0.836. The number of rotatable bonds is 5. The third kappa shape index (κ3) is 2.20. The van der Waals surface area contributed by atoms with E-state index < -0.39 is 20.5 Å². The minimum Gasteiger partial charge on any atom is -0.330 e. The molecule has 4 N–H and O–H groups in total. The highest BCUT2D eigenvalue weighted by molar-refractivity contribution is 7.92. The van der Waals surface area contributed by atoms with Gasteiger partial charge in [0.1, 0.15) is 0 Å². The lowest BCUT2D eigenvalue weighted by molar-refractivity contribution is 0.510. The van der Waals surface area contributed by atoms with Gasteiger partial charge in [0, 0.05) is 30.2 Å². The van der Waals surface area contributed by atoms with Crippen LogP contribution in [-0.2, 0) is 9.84 Å². The maximum Gasteiger partial charge on any atom is 0.154 e. The predicted molar refractivity (Wildman–Crippen MR) is 77.7 cm³/mol. The fourth-order valence-electron chi connectivity index (χ4n) is 3.05. The van der Waals surface area contributed by atoms with Crippen LogP contribution in [0.5, 0.6) is 0 Å². The van der Waals surface area contributed by atoms with Crippen LogP contribution >= 0.6 is 0 Å². The Kier molecular flexibility index (Phi) is 3.73. The second kappa shape index (κ2) is 4.89. The summed E-state index contributed by atoms with van der Waals surface area (Å²) in [5.41, 5.74) is 13.4. The zero-order valence-corrected chi connectivity index (χ0v) is 12.3. The van der Waals surface area contributed by atoms with Crippen LogP contribution in [0.4, 0.5) is 0 Å². The largest absolute Gasteiger partial charge is 0.330 e. The van der Waals surface area contributed by atoms with Gasteiger partial charge in [0.25, 0.3) is 0 Å². The Morgan fingerprint density at radius 1 is 1.16 bits per heavy atom. The van der Waals surface area contributed by atoms with Crippen LogP contribution in [0.3, 0.4) is 0 Å². The molecule has 4 nitrogen and oxygen atoms in total. The predicted octanol–water partition coefficient (Wildman–Crippen LogP) is 0.799. The lowest BCUT2D eigenvalue weighted by Gasteiger charge is -2.12.